The van der Waals surface area contributed by atoms with Crippen LogP contribution in [0.5, 0.6) is 5.75 Å². The maximum atomic E-state index is 12.5. The summed E-state index contributed by atoms with van der Waals surface area (Å²) in [5, 5.41) is 13.3. The van der Waals surface area contributed by atoms with Crippen LogP contribution < -0.4 is 10.2 Å². The van der Waals surface area contributed by atoms with Crippen LogP contribution in [0.15, 0.2) is 52.0 Å². The molecule has 0 aromatic heterocycles. The van der Waals surface area contributed by atoms with E-state index in [9.17, 15) is 10.1 Å². The monoisotopic (exact) mass is 465 g/mol. The first-order valence-corrected chi connectivity index (χ1v) is 11.1. The summed E-state index contributed by atoms with van der Waals surface area (Å²) in [6.07, 6.45) is 6.41. The number of ether oxygens (including phenoxy) is 1. The second-order valence-electron chi connectivity index (χ2n) is 8.32. The fraction of sp³-hybridized carbons (Fsp3) is 0.375. The van der Waals surface area contributed by atoms with E-state index in [2.05, 4.69) is 39.5 Å². The minimum absolute atomic E-state index is 0.0378. The number of fused-ring (bicyclic) bond motifs is 1. The average molecular weight is 466 g/mol. The SMILES string of the molecule is C[C@]12CCCC[C@H]1[C@H]2C(=O)N/N=C\c1ccc(OCc2ccccc2C#N)c(Br)c1. The molecule has 4 rings (SSSR count). The zero-order valence-electron chi connectivity index (χ0n) is 16.9. The second-order valence-corrected chi connectivity index (χ2v) is 9.17. The molecule has 2 aromatic carbocycles. The zero-order chi connectivity index (χ0) is 21.1. The molecule has 2 saturated carbocycles. The average Bonchev–Trinajstić information content (AvgIpc) is 3.39. The Hall–Kier alpha value is -2.65. The summed E-state index contributed by atoms with van der Waals surface area (Å²) in [4.78, 5) is 12.5. The van der Waals surface area contributed by atoms with Gasteiger partial charge in [-0.05, 0) is 69.9 Å². The highest BCUT2D eigenvalue weighted by Crippen LogP contribution is 2.66. The van der Waals surface area contributed by atoms with Crippen LogP contribution in [0, 0.1) is 28.6 Å². The molecular formula is C24H24BrN3O2. The van der Waals surface area contributed by atoms with Crippen LogP contribution in [-0.4, -0.2) is 12.1 Å². The Labute approximate surface area is 185 Å². The van der Waals surface area contributed by atoms with Gasteiger partial charge in [0.05, 0.1) is 22.3 Å². The largest absolute Gasteiger partial charge is 0.488 e. The molecule has 0 spiro atoms. The Balaban J connectivity index is 1.33. The molecule has 0 saturated heterocycles. The van der Waals surface area contributed by atoms with E-state index in [0.717, 1.165) is 28.4 Å². The van der Waals surface area contributed by atoms with Gasteiger partial charge in [-0.2, -0.15) is 10.4 Å². The molecule has 2 aromatic rings. The van der Waals surface area contributed by atoms with Gasteiger partial charge in [0.15, 0.2) is 0 Å². The molecule has 2 aliphatic rings. The van der Waals surface area contributed by atoms with Crippen molar-refractivity contribution in [2.24, 2.45) is 22.4 Å². The van der Waals surface area contributed by atoms with Gasteiger partial charge in [0, 0.05) is 11.5 Å². The molecule has 0 heterocycles. The summed E-state index contributed by atoms with van der Waals surface area (Å²) in [5.74, 6) is 1.35. The molecule has 2 fully saturated rings. The van der Waals surface area contributed by atoms with Gasteiger partial charge < -0.3 is 4.74 Å². The molecule has 0 radical (unpaired) electrons. The number of benzene rings is 2. The Morgan fingerprint density at radius 1 is 1.37 bits per heavy atom. The number of nitriles is 1. The third-order valence-electron chi connectivity index (χ3n) is 6.48. The number of hydrogen-bond donors (Lipinski definition) is 1. The lowest BCUT2D eigenvalue weighted by molar-refractivity contribution is -0.123. The van der Waals surface area contributed by atoms with Gasteiger partial charge in [0.25, 0.3) is 0 Å². The van der Waals surface area contributed by atoms with Gasteiger partial charge in [-0.3, -0.25) is 4.79 Å². The van der Waals surface area contributed by atoms with Crippen molar-refractivity contribution >= 4 is 28.1 Å². The summed E-state index contributed by atoms with van der Waals surface area (Å²) in [5.41, 5.74) is 5.21. The van der Waals surface area contributed by atoms with E-state index in [1.807, 2.05) is 36.4 Å². The Kier molecular flexibility index (Phi) is 5.92. The second kappa shape index (κ2) is 8.61. The van der Waals surface area contributed by atoms with Crippen molar-refractivity contribution in [3.63, 3.8) is 0 Å². The van der Waals surface area contributed by atoms with Crippen molar-refractivity contribution in [2.45, 2.75) is 39.2 Å². The quantitative estimate of drug-likeness (QED) is 0.471. The molecule has 5 nitrogen and oxygen atoms in total. The van der Waals surface area contributed by atoms with Gasteiger partial charge in [-0.1, -0.05) is 38.0 Å². The van der Waals surface area contributed by atoms with Crippen molar-refractivity contribution in [3.05, 3.63) is 63.6 Å². The highest BCUT2D eigenvalue weighted by molar-refractivity contribution is 9.10. The summed E-state index contributed by atoms with van der Waals surface area (Å²) in [7, 11) is 0. The minimum atomic E-state index is 0.0378. The van der Waals surface area contributed by atoms with E-state index in [4.69, 9.17) is 4.74 Å². The molecule has 1 amide bonds. The molecule has 2 aliphatic carbocycles. The number of hydrazone groups is 1. The van der Waals surface area contributed by atoms with E-state index >= 15 is 0 Å². The van der Waals surface area contributed by atoms with Crippen LogP contribution in [0.2, 0.25) is 0 Å². The summed E-state index contributed by atoms with van der Waals surface area (Å²) >= 11 is 3.52. The molecule has 30 heavy (non-hydrogen) atoms. The first-order valence-electron chi connectivity index (χ1n) is 10.3. The highest BCUT2D eigenvalue weighted by atomic mass is 79.9. The molecule has 0 aliphatic heterocycles. The van der Waals surface area contributed by atoms with Gasteiger partial charge in [-0.25, -0.2) is 5.43 Å². The fourth-order valence-corrected chi connectivity index (χ4v) is 5.23. The Morgan fingerprint density at radius 2 is 2.20 bits per heavy atom. The number of halogens is 1. The van der Waals surface area contributed by atoms with Gasteiger partial charge in [0.1, 0.15) is 12.4 Å². The summed E-state index contributed by atoms with van der Waals surface area (Å²) < 4.78 is 6.64. The molecule has 6 heteroatoms. The standard InChI is InChI=1S/C24H24BrN3O2/c1-24-11-5-4-8-19(24)22(24)23(29)28-27-14-16-9-10-21(20(25)12-16)30-15-18-7-3-2-6-17(18)13-26/h2-3,6-7,9-10,12,14,19,22H,4-5,8,11,15H2,1H3,(H,28,29)/b27-14-/t19-,22-,24-/m0/s1. The third kappa shape index (κ3) is 4.13. The maximum Gasteiger partial charge on any atom is 0.244 e. The number of carbonyl (C=O) groups is 1. The van der Waals surface area contributed by atoms with Crippen LogP contribution in [0.25, 0.3) is 0 Å². The number of rotatable bonds is 6. The Bertz CT molecular complexity index is 1030. The summed E-state index contributed by atoms with van der Waals surface area (Å²) in [6, 6.07) is 15.2. The molecule has 154 valence electrons. The van der Waals surface area contributed by atoms with Crippen LogP contribution in [0.1, 0.15) is 49.3 Å². The van der Waals surface area contributed by atoms with Crippen molar-refractivity contribution in [3.8, 4) is 11.8 Å². The number of amides is 1. The highest BCUT2D eigenvalue weighted by Gasteiger charge is 2.64. The van der Waals surface area contributed by atoms with Gasteiger partial charge in [-0.15, -0.1) is 0 Å². The summed E-state index contributed by atoms with van der Waals surface area (Å²) in [6.45, 7) is 2.54. The van der Waals surface area contributed by atoms with E-state index in [1.165, 1.54) is 12.8 Å². The van der Waals surface area contributed by atoms with Crippen LogP contribution in [0.3, 0.4) is 0 Å². The third-order valence-corrected chi connectivity index (χ3v) is 7.10. The number of nitrogens with one attached hydrogen (secondary N) is 1. The smallest absolute Gasteiger partial charge is 0.244 e. The first kappa shape index (κ1) is 20.6. The number of nitrogens with zero attached hydrogens (tertiary/aromatic N) is 2. The lowest BCUT2D eigenvalue weighted by atomic mass is 9.90. The van der Waals surface area contributed by atoms with E-state index in [1.54, 1.807) is 12.3 Å². The number of carbonyl (C=O) groups excluding carboxylic acids is 1. The van der Waals surface area contributed by atoms with Gasteiger partial charge in [0.2, 0.25) is 5.91 Å². The first-order chi connectivity index (χ1) is 14.5. The van der Waals surface area contributed by atoms with Gasteiger partial charge >= 0.3 is 0 Å². The lowest BCUT2D eigenvalue weighted by Gasteiger charge is -2.15. The fourth-order valence-electron chi connectivity index (χ4n) is 4.72. The molecule has 1 N–H and O–H groups in total. The van der Waals surface area contributed by atoms with Crippen LogP contribution in [0.4, 0.5) is 0 Å². The van der Waals surface area contributed by atoms with Crippen molar-refractivity contribution < 1.29 is 9.53 Å². The topological polar surface area (TPSA) is 74.5 Å². The predicted molar refractivity (Wildman–Crippen MR) is 119 cm³/mol. The molecule has 0 unspecified atom stereocenters. The number of hydrogen-bond acceptors (Lipinski definition) is 4. The van der Waals surface area contributed by atoms with Crippen LogP contribution in [-0.2, 0) is 11.4 Å². The lowest BCUT2D eigenvalue weighted by Crippen LogP contribution is -2.22. The van der Waals surface area contributed by atoms with Crippen molar-refractivity contribution in [1.82, 2.24) is 5.43 Å². The predicted octanol–water partition coefficient (Wildman–Crippen LogP) is 5.18. The Morgan fingerprint density at radius 3 is 2.93 bits per heavy atom. The molecule has 0 bridgehead atoms. The van der Waals surface area contributed by atoms with E-state index in [0.29, 0.717) is 23.8 Å². The normalized spacial score (nSPS) is 24.7. The van der Waals surface area contributed by atoms with E-state index < -0.39 is 0 Å². The molecular weight excluding hydrogens is 442 g/mol. The van der Waals surface area contributed by atoms with Crippen molar-refractivity contribution in [1.29, 1.82) is 5.26 Å². The van der Waals surface area contributed by atoms with Crippen LogP contribution >= 0.6 is 15.9 Å². The minimum Gasteiger partial charge on any atom is -0.488 e. The van der Waals surface area contributed by atoms with E-state index in [-0.39, 0.29) is 17.2 Å². The van der Waals surface area contributed by atoms with Crippen molar-refractivity contribution in [2.75, 3.05) is 0 Å². The molecule has 3 atom stereocenters. The maximum absolute atomic E-state index is 12.5. The zero-order valence-corrected chi connectivity index (χ0v) is 18.5.